The fraction of sp³-hybridized carbons (Fsp3) is 0.348. The zero-order chi connectivity index (χ0) is 25.7. The van der Waals surface area contributed by atoms with Crippen LogP contribution in [0.1, 0.15) is 15.4 Å². The van der Waals surface area contributed by atoms with Crippen molar-refractivity contribution >= 4 is 28.7 Å². The average molecular weight is 521 g/mol. The Morgan fingerprint density at radius 3 is 2.61 bits per heavy atom. The maximum atomic E-state index is 12.9. The van der Waals surface area contributed by atoms with Crippen molar-refractivity contribution < 1.29 is 27.5 Å². The summed E-state index contributed by atoms with van der Waals surface area (Å²) in [5, 5.41) is 11.6. The Balaban J connectivity index is 1.48. The smallest absolute Gasteiger partial charge is 0.404 e. The van der Waals surface area contributed by atoms with E-state index in [0.717, 1.165) is 24.7 Å². The van der Waals surface area contributed by atoms with Crippen LogP contribution in [-0.2, 0) is 11.2 Å². The molecule has 0 bridgehead atoms. The highest BCUT2D eigenvalue weighted by atomic mass is 32.1. The first-order valence-electron chi connectivity index (χ1n) is 11.0. The molecule has 0 saturated carbocycles. The molecule has 0 spiro atoms. The summed E-state index contributed by atoms with van der Waals surface area (Å²) in [6, 6.07) is 7.01. The van der Waals surface area contributed by atoms with Crippen molar-refractivity contribution in [2.24, 2.45) is 0 Å². The maximum absolute atomic E-state index is 12.9. The number of nitrogens with one attached hydrogen (secondary N) is 1. The normalized spacial score (nSPS) is 15.0. The number of ether oxygens (including phenoxy) is 1. The third-order valence-electron chi connectivity index (χ3n) is 5.45. The Morgan fingerprint density at radius 2 is 1.92 bits per heavy atom. The Hall–Kier alpha value is -3.42. The summed E-state index contributed by atoms with van der Waals surface area (Å²) in [4.78, 5) is 33.5. The van der Waals surface area contributed by atoms with Crippen LogP contribution in [0, 0.1) is 0 Å². The van der Waals surface area contributed by atoms with E-state index in [4.69, 9.17) is 0 Å². The van der Waals surface area contributed by atoms with Gasteiger partial charge in [0.15, 0.2) is 11.5 Å². The zero-order valence-corrected chi connectivity index (χ0v) is 20.1. The van der Waals surface area contributed by atoms with Crippen molar-refractivity contribution in [1.82, 2.24) is 25.0 Å². The Labute approximate surface area is 208 Å². The lowest BCUT2D eigenvalue weighted by atomic mass is 10.1. The van der Waals surface area contributed by atoms with Crippen molar-refractivity contribution in [3.8, 4) is 16.3 Å². The molecular weight excluding hydrogens is 497 g/mol. The number of anilines is 1. The van der Waals surface area contributed by atoms with E-state index < -0.39 is 23.8 Å². The van der Waals surface area contributed by atoms with Crippen molar-refractivity contribution in [2.75, 3.05) is 45.1 Å². The highest BCUT2D eigenvalue weighted by Gasteiger charge is 2.32. The highest BCUT2D eigenvalue weighted by molar-refractivity contribution is 7.14. The zero-order valence-electron chi connectivity index (χ0n) is 19.3. The van der Waals surface area contributed by atoms with Crippen molar-refractivity contribution in [1.29, 1.82) is 0 Å². The molecule has 1 saturated heterocycles. The van der Waals surface area contributed by atoms with E-state index >= 15 is 0 Å². The molecule has 3 aromatic rings. The van der Waals surface area contributed by atoms with Crippen molar-refractivity contribution in [2.45, 2.75) is 12.8 Å². The summed E-state index contributed by atoms with van der Waals surface area (Å²) in [6.45, 7) is 2.91. The molecule has 2 aromatic heterocycles. The van der Waals surface area contributed by atoms with Crippen LogP contribution in [0.2, 0.25) is 0 Å². The fourth-order valence-corrected chi connectivity index (χ4v) is 4.41. The number of halogens is 3. The maximum Gasteiger partial charge on any atom is 0.573 e. The number of piperazine rings is 1. The highest BCUT2D eigenvalue weighted by Crippen LogP contribution is 2.32. The number of hydrogen-bond acceptors (Lipinski definition) is 9. The summed E-state index contributed by atoms with van der Waals surface area (Å²) < 4.78 is 42.8. The van der Waals surface area contributed by atoms with Crippen molar-refractivity contribution in [3.05, 3.63) is 53.3 Å². The van der Waals surface area contributed by atoms with E-state index in [2.05, 4.69) is 30.1 Å². The van der Waals surface area contributed by atoms with Gasteiger partial charge in [-0.3, -0.25) is 19.5 Å². The molecule has 190 valence electrons. The number of rotatable bonds is 8. The minimum atomic E-state index is -4.96. The van der Waals surface area contributed by atoms with E-state index in [0.29, 0.717) is 23.1 Å². The van der Waals surface area contributed by atoms with Gasteiger partial charge in [-0.2, -0.15) is 0 Å². The number of hydrogen-bond donors (Lipinski definition) is 1. The minimum absolute atomic E-state index is 0.0133. The number of pyridine rings is 1. The van der Waals surface area contributed by atoms with Crippen LogP contribution in [0.3, 0.4) is 0 Å². The van der Waals surface area contributed by atoms with E-state index in [1.165, 1.54) is 23.5 Å². The molecule has 3 heterocycles. The second-order valence-corrected chi connectivity index (χ2v) is 9.29. The SMILES string of the molecule is CN1CCN(CC(=O)Nc2cc(C(=O)Cc3nnc(-c4cccnc4)s3)ccc2OC(F)(F)F)CC1. The van der Waals surface area contributed by atoms with Gasteiger partial charge in [0.05, 0.1) is 18.7 Å². The molecule has 9 nitrogen and oxygen atoms in total. The minimum Gasteiger partial charge on any atom is -0.404 e. The molecule has 4 rings (SSSR count). The van der Waals surface area contributed by atoms with Gasteiger partial charge in [0.2, 0.25) is 5.91 Å². The largest absolute Gasteiger partial charge is 0.573 e. The summed E-state index contributed by atoms with van der Waals surface area (Å²) >= 11 is 1.22. The molecule has 1 aliphatic rings. The number of Topliss-reactive ketones (excluding diaryl/α,β-unsaturated/α-hetero) is 1. The van der Waals surface area contributed by atoms with E-state index in [1.54, 1.807) is 18.5 Å². The number of carbonyl (C=O) groups is 2. The Morgan fingerprint density at radius 1 is 1.14 bits per heavy atom. The molecule has 0 unspecified atom stereocenters. The number of alkyl halides is 3. The molecule has 13 heteroatoms. The monoisotopic (exact) mass is 520 g/mol. The number of carbonyl (C=O) groups excluding carboxylic acids is 2. The molecule has 0 radical (unpaired) electrons. The summed E-state index contributed by atoms with van der Waals surface area (Å²) in [5.74, 6) is -1.49. The van der Waals surface area contributed by atoms with Crippen LogP contribution in [0.4, 0.5) is 18.9 Å². The number of likely N-dealkylation sites (N-methyl/N-ethyl adjacent to an activating group) is 1. The van der Waals surface area contributed by atoms with Gasteiger partial charge in [0.25, 0.3) is 0 Å². The molecule has 0 aliphatic carbocycles. The van der Waals surface area contributed by atoms with Crippen LogP contribution in [0.25, 0.3) is 10.6 Å². The second-order valence-electron chi connectivity index (χ2n) is 8.23. The van der Waals surface area contributed by atoms with E-state index in [-0.39, 0.29) is 24.2 Å². The van der Waals surface area contributed by atoms with Crippen LogP contribution >= 0.6 is 11.3 Å². The van der Waals surface area contributed by atoms with Gasteiger partial charge in [-0.15, -0.1) is 23.4 Å². The summed E-state index contributed by atoms with van der Waals surface area (Å²) in [5.41, 5.74) is 0.635. The Kier molecular flexibility index (Phi) is 7.91. The number of amides is 1. The van der Waals surface area contributed by atoms with Gasteiger partial charge in [-0.25, -0.2) is 0 Å². The molecular formula is C23H23F3N6O3S. The predicted octanol–water partition coefficient (Wildman–Crippen LogP) is 3.11. The first-order chi connectivity index (χ1) is 17.2. The third kappa shape index (κ3) is 7.06. The van der Waals surface area contributed by atoms with Gasteiger partial charge in [0.1, 0.15) is 10.0 Å². The van der Waals surface area contributed by atoms with Gasteiger partial charge in [-0.1, -0.05) is 11.3 Å². The first-order valence-corrected chi connectivity index (χ1v) is 11.8. The van der Waals surface area contributed by atoms with E-state index in [1.807, 2.05) is 18.0 Å². The average Bonchev–Trinajstić information content (AvgIpc) is 3.30. The molecule has 1 fully saturated rings. The fourth-order valence-electron chi connectivity index (χ4n) is 3.58. The van der Waals surface area contributed by atoms with Gasteiger partial charge < -0.3 is 15.0 Å². The van der Waals surface area contributed by atoms with Crippen molar-refractivity contribution in [3.63, 3.8) is 0 Å². The lowest BCUT2D eigenvalue weighted by Gasteiger charge is -2.31. The predicted molar refractivity (Wildman–Crippen MR) is 127 cm³/mol. The molecule has 1 aliphatic heterocycles. The number of benzene rings is 1. The molecule has 1 amide bonds. The van der Waals surface area contributed by atoms with Crippen LogP contribution < -0.4 is 10.1 Å². The topological polar surface area (TPSA) is 101 Å². The molecule has 0 atom stereocenters. The lowest BCUT2D eigenvalue weighted by molar-refractivity contribution is -0.274. The molecule has 1 aromatic carbocycles. The standard InChI is InChI=1S/C23H23F3N6O3S/c1-31-7-9-32(10-8-31)14-20(34)28-17-11-15(4-5-19(17)35-23(24,25)26)18(33)12-21-29-30-22(36-21)16-3-2-6-27-13-16/h2-6,11,13H,7-10,12,14H2,1H3,(H,28,34). The van der Waals surface area contributed by atoms with Crippen LogP contribution in [0.15, 0.2) is 42.7 Å². The summed E-state index contributed by atoms with van der Waals surface area (Å²) in [6.07, 6.45) is -1.81. The lowest BCUT2D eigenvalue weighted by Crippen LogP contribution is -2.47. The molecule has 1 N–H and O–H groups in total. The number of ketones is 1. The van der Waals surface area contributed by atoms with Crippen LogP contribution in [-0.4, -0.2) is 82.8 Å². The van der Waals surface area contributed by atoms with Gasteiger partial charge in [-0.05, 0) is 37.4 Å². The third-order valence-corrected chi connectivity index (χ3v) is 6.42. The number of aromatic nitrogens is 3. The van der Waals surface area contributed by atoms with Gasteiger partial charge >= 0.3 is 6.36 Å². The molecule has 36 heavy (non-hydrogen) atoms. The number of nitrogens with zero attached hydrogens (tertiary/aromatic N) is 5. The first kappa shape index (κ1) is 25.7. The van der Waals surface area contributed by atoms with Crippen LogP contribution in [0.5, 0.6) is 5.75 Å². The Bertz CT molecular complexity index is 1210. The van der Waals surface area contributed by atoms with E-state index in [9.17, 15) is 22.8 Å². The van der Waals surface area contributed by atoms with Gasteiger partial charge in [0, 0.05) is 49.7 Å². The summed E-state index contributed by atoms with van der Waals surface area (Å²) in [7, 11) is 1.97. The second kappa shape index (κ2) is 11.1. The quantitative estimate of drug-likeness (QED) is 0.453.